The number of nitrogens with zero attached hydrogens (tertiary/aromatic N) is 3. The highest BCUT2D eigenvalue weighted by atomic mass is 16.5. The average Bonchev–Trinajstić information content (AvgIpc) is 3.24. The van der Waals surface area contributed by atoms with Crippen LogP contribution < -0.4 is 0 Å². The number of hydrogen-bond donors (Lipinski definition) is 1. The van der Waals surface area contributed by atoms with Gasteiger partial charge in [-0.15, -0.1) is 0 Å². The van der Waals surface area contributed by atoms with Crippen LogP contribution in [0.4, 0.5) is 0 Å². The number of morpholine rings is 1. The summed E-state index contributed by atoms with van der Waals surface area (Å²) in [6, 6.07) is 11.1. The van der Waals surface area contributed by atoms with Crippen molar-refractivity contribution in [3.8, 4) is 11.3 Å². The van der Waals surface area contributed by atoms with Gasteiger partial charge in [-0.2, -0.15) is 0 Å². The Bertz CT molecular complexity index is 1270. The largest absolute Gasteiger partial charge is 0.370 e. The summed E-state index contributed by atoms with van der Waals surface area (Å²) in [5.74, 6) is 0.744. The van der Waals surface area contributed by atoms with E-state index in [2.05, 4.69) is 54.1 Å². The van der Waals surface area contributed by atoms with Crippen molar-refractivity contribution in [2.45, 2.75) is 52.4 Å². The number of ether oxygens (including phenoxy) is 1. The van der Waals surface area contributed by atoms with Crippen LogP contribution in [0.15, 0.2) is 30.3 Å². The van der Waals surface area contributed by atoms with Crippen molar-refractivity contribution in [3.63, 3.8) is 0 Å². The summed E-state index contributed by atoms with van der Waals surface area (Å²) in [5, 5.41) is 1.29. The summed E-state index contributed by atoms with van der Waals surface area (Å²) in [6.07, 6.45) is 1.87. The zero-order valence-corrected chi connectivity index (χ0v) is 21.8. The quantitative estimate of drug-likeness (QED) is 0.572. The lowest BCUT2D eigenvalue weighted by molar-refractivity contribution is -0.148. The van der Waals surface area contributed by atoms with Crippen LogP contribution in [0, 0.1) is 13.8 Å². The molecule has 5 rings (SSSR count). The molecule has 0 aliphatic carbocycles. The summed E-state index contributed by atoms with van der Waals surface area (Å²) >= 11 is 0. The van der Waals surface area contributed by atoms with Crippen molar-refractivity contribution in [2.75, 3.05) is 39.4 Å². The fraction of sp³-hybridized carbons (Fsp3) is 0.483. The fourth-order valence-electron chi connectivity index (χ4n) is 5.73. The third-order valence-corrected chi connectivity index (χ3v) is 7.54. The Morgan fingerprint density at radius 2 is 1.83 bits per heavy atom. The SMILES string of the molecule is Cc1cc(-c2[nH]c3ccc(C4CCN(C(=O)CN5CCOCC5=O)CC4)cc3c2C(C)C)cc(C)n1. The first-order valence-corrected chi connectivity index (χ1v) is 13.0. The predicted octanol–water partition coefficient (Wildman–Crippen LogP) is 4.53. The molecule has 4 heterocycles. The van der Waals surface area contributed by atoms with Crippen LogP contribution in [0.2, 0.25) is 0 Å². The lowest BCUT2D eigenvalue weighted by Gasteiger charge is -2.34. The van der Waals surface area contributed by atoms with Gasteiger partial charge in [0.1, 0.15) is 6.61 Å². The molecule has 0 saturated carbocycles. The van der Waals surface area contributed by atoms with Gasteiger partial charge in [0.05, 0.1) is 18.8 Å². The molecule has 0 bridgehead atoms. The third-order valence-electron chi connectivity index (χ3n) is 7.54. The molecule has 190 valence electrons. The van der Waals surface area contributed by atoms with Crippen molar-refractivity contribution in [3.05, 3.63) is 52.8 Å². The molecule has 7 nitrogen and oxygen atoms in total. The summed E-state index contributed by atoms with van der Waals surface area (Å²) in [7, 11) is 0. The maximum absolute atomic E-state index is 12.8. The monoisotopic (exact) mass is 488 g/mol. The number of H-pyrrole nitrogens is 1. The molecule has 0 radical (unpaired) electrons. The van der Waals surface area contributed by atoms with Gasteiger partial charge in [0, 0.05) is 47.5 Å². The number of pyridine rings is 1. The maximum Gasteiger partial charge on any atom is 0.249 e. The molecule has 2 aromatic heterocycles. The van der Waals surface area contributed by atoms with Crippen LogP contribution in [0.25, 0.3) is 22.2 Å². The molecule has 1 aromatic carbocycles. The highest BCUT2D eigenvalue weighted by Gasteiger charge is 2.28. The summed E-state index contributed by atoms with van der Waals surface area (Å²) in [4.78, 5) is 36.6. The molecule has 0 atom stereocenters. The lowest BCUT2D eigenvalue weighted by Crippen LogP contribution is -2.49. The van der Waals surface area contributed by atoms with Crippen LogP contribution >= 0.6 is 0 Å². The average molecular weight is 489 g/mol. The summed E-state index contributed by atoms with van der Waals surface area (Å²) in [5.41, 5.74) is 8.27. The van der Waals surface area contributed by atoms with Crippen molar-refractivity contribution in [2.24, 2.45) is 0 Å². The maximum atomic E-state index is 12.8. The summed E-state index contributed by atoms with van der Waals surface area (Å²) in [6.45, 7) is 11.3. The van der Waals surface area contributed by atoms with Gasteiger partial charge in [-0.1, -0.05) is 19.9 Å². The zero-order chi connectivity index (χ0) is 25.4. The Hall–Kier alpha value is -3.19. The highest BCUT2D eigenvalue weighted by Crippen LogP contribution is 2.38. The Labute approximate surface area is 212 Å². The molecule has 2 fully saturated rings. The first-order chi connectivity index (χ1) is 17.3. The normalized spacial score (nSPS) is 17.4. The molecular formula is C29H36N4O3. The number of amides is 2. The molecule has 2 aliphatic rings. The number of hydrogen-bond acceptors (Lipinski definition) is 4. The number of benzene rings is 1. The van der Waals surface area contributed by atoms with Crippen molar-refractivity contribution < 1.29 is 14.3 Å². The lowest BCUT2D eigenvalue weighted by atomic mass is 9.87. The van der Waals surface area contributed by atoms with Crippen molar-refractivity contribution in [1.29, 1.82) is 0 Å². The van der Waals surface area contributed by atoms with Crippen LogP contribution in [0.5, 0.6) is 0 Å². The molecular weight excluding hydrogens is 452 g/mol. The standard InChI is InChI=1S/C29H36N4O3/c1-18(2)28-24-15-22(5-6-25(24)31-29(28)23-13-19(3)30-20(4)14-23)21-7-9-32(10-8-21)26(34)16-33-11-12-36-17-27(33)35/h5-6,13-15,18,21,31H,7-12,16-17H2,1-4H3. The third kappa shape index (κ3) is 4.89. The van der Waals surface area contributed by atoms with E-state index >= 15 is 0 Å². The van der Waals surface area contributed by atoms with Crippen LogP contribution in [-0.4, -0.2) is 71.0 Å². The van der Waals surface area contributed by atoms with Crippen molar-refractivity contribution in [1.82, 2.24) is 19.8 Å². The zero-order valence-electron chi connectivity index (χ0n) is 21.8. The smallest absolute Gasteiger partial charge is 0.249 e. The van der Waals surface area contributed by atoms with E-state index in [1.54, 1.807) is 4.90 Å². The molecule has 7 heteroatoms. The van der Waals surface area contributed by atoms with E-state index in [1.165, 1.54) is 27.8 Å². The molecule has 1 N–H and O–H groups in total. The Morgan fingerprint density at radius 1 is 1.11 bits per heavy atom. The first kappa shape index (κ1) is 24.5. The van der Waals surface area contributed by atoms with E-state index in [1.807, 2.05) is 18.7 Å². The predicted molar refractivity (Wildman–Crippen MR) is 141 cm³/mol. The van der Waals surface area contributed by atoms with Crippen LogP contribution in [-0.2, 0) is 14.3 Å². The Kier molecular flexibility index (Phi) is 6.84. The molecule has 0 unspecified atom stereocenters. The number of rotatable bonds is 5. The minimum atomic E-state index is -0.0956. The van der Waals surface area contributed by atoms with E-state index in [0.717, 1.165) is 42.8 Å². The van der Waals surface area contributed by atoms with Crippen LogP contribution in [0.1, 0.15) is 61.0 Å². The van der Waals surface area contributed by atoms with Gasteiger partial charge in [-0.05, 0) is 73.9 Å². The van der Waals surface area contributed by atoms with Gasteiger partial charge >= 0.3 is 0 Å². The van der Waals surface area contributed by atoms with Gasteiger partial charge in [-0.25, -0.2) is 0 Å². The fourth-order valence-corrected chi connectivity index (χ4v) is 5.73. The Morgan fingerprint density at radius 3 is 2.50 bits per heavy atom. The number of aromatic nitrogens is 2. The number of fused-ring (bicyclic) bond motifs is 1. The van der Waals surface area contributed by atoms with Gasteiger partial charge in [0.25, 0.3) is 0 Å². The summed E-state index contributed by atoms with van der Waals surface area (Å²) < 4.78 is 5.17. The number of likely N-dealkylation sites (tertiary alicyclic amines) is 1. The number of nitrogens with one attached hydrogen (secondary N) is 1. The second kappa shape index (κ2) is 10.1. The van der Waals surface area contributed by atoms with Crippen LogP contribution in [0.3, 0.4) is 0 Å². The number of carbonyl (C=O) groups is 2. The molecule has 2 aliphatic heterocycles. The van der Waals surface area contributed by atoms with E-state index in [4.69, 9.17) is 4.74 Å². The van der Waals surface area contributed by atoms with Gasteiger partial charge < -0.3 is 19.5 Å². The number of carbonyl (C=O) groups excluding carboxylic acids is 2. The second-order valence-corrected chi connectivity index (χ2v) is 10.5. The van der Waals surface area contributed by atoms with E-state index in [0.29, 0.717) is 25.0 Å². The first-order valence-electron chi connectivity index (χ1n) is 13.0. The number of aromatic amines is 1. The van der Waals surface area contributed by atoms with Gasteiger partial charge in [0.2, 0.25) is 11.8 Å². The minimum Gasteiger partial charge on any atom is -0.370 e. The molecule has 0 spiro atoms. The second-order valence-electron chi connectivity index (χ2n) is 10.5. The number of aryl methyl sites for hydroxylation is 2. The van der Waals surface area contributed by atoms with Gasteiger partial charge in [-0.3, -0.25) is 14.6 Å². The molecule has 2 saturated heterocycles. The molecule has 2 amide bonds. The minimum absolute atomic E-state index is 0.0412. The van der Waals surface area contributed by atoms with Crippen molar-refractivity contribution >= 4 is 22.7 Å². The van der Waals surface area contributed by atoms with E-state index < -0.39 is 0 Å². The Balaban J connectivity index is 1.34. The topological polar surface area (TPSA) is 78.5 Å². The molecule has 36 heavy (non-hydrogen) atoms. The van der Waals surface area contributed by atoms with E-state index in [9.17, 15) is 9.59 Å². The molecule has 3 aromatic rings. The van der Waals surface area contributed by atoms with E-state index in [-0.39, 0.29) is 25.0 Å². The highest BCUT2D eigenvalue weighted by molar-refractivity contribution is 5.92. The van der Waals surface area contributed by atoms with Gasteiger partial charge in [0.15, 0.2) is 0 Å². The number of piperidine rings is 1.